The molecule has 12 heteroatoms. The number of anilines is 1. The van der Waals surface area contributed by atoms with Crippen molar-refractivity contribution in [3.05, 3.63) is 118 Å². The molecule has 0 unspecified atom stereocenters. The second-order valence-corrected chi connectivity index (χ2v) is 14.6. The topological polar surface area (TPSA) is 105 Å². The number of nitrogens with zero attached hydrogens (tertiary/aromatic N) is 2. The number of halogens is 2. The Morgan fingerprint density at radius 3 is 2.25 bits per heavy atom. The molecule has 2 amide bonds. The SMILES string of the molecule is CC(C)CNC(=O)[C@H](Cc1ccccc1)N(Cc1cccc(Br)c1)C(=O)CN(c1ccc(F)cc1)S(=O)(=O)c1ccc2c(c1)OCCO2. The molecular formula is C36H37BrFN3O6S. The molecule has 1 N–H and O–H groups in total. The van der Waals surface area contributed by atoms with Crippen molar-refractivity contribution in [1.82, 2.24) is 10.2 Å². The van der Waals surface area contributed by atoms with Gasteiger partial charge in [-0.15, -0.1) is 0 Å². The lowest BCUT2D eigenvalue weighted by molar-refractivity contribution is -0.140. The van der Waals surface area contributed by atoms with Gasteiger partial charge in [-0.3, -0.25) is 13.9 Å². The maximum absolute atomic E-state index is 14.6. The van der Waals surface area contributed by atoms with E-state index in [9.17, 15) is 22.4 Å². The molecule has 0 radical (unpaired) electrons. The number of fused-ring (bicyclic) bond motifs is 1. The van der Waals surface area contributed by atoms with Crippen LogP contribution in [-0.4, -0.2) is 57.5 Å². The van der Waals surface area contributed by atoms with Crippen LogP contribution in [0.4, 0.5) is 10.1 Å². The minimum Gasteiger partial charge on any atom is -0.486 e. The van der Waals surface area contributed by atoms with Crippen LogP contribution in [0.15, 0.2) is 106 Å². The van der Waals surface area contributed by atoms with Crippen molar-refractivity contribution in [2.24, 2.45) is 5.92 Å². The van der Waals surface area contributed by atoms with Crippen molar-refractivity contribution in [1.29, 1.82) is 0 Å². The average Bonchev–Trinajstić information content (AvgIpc) is 3.08. The molecule has 1 aliphatic heterocycles. The maximum Gasteiger partial charge on any atom is 0.264 e. The zero-order valence-electron chi connectivity index (χ0n) is 26.6. The van der Waals surface area contributed by atoms with Gasteiger partial charge in [0.05, 0.1) is 10.6 Å². The zero-order valence-corrected chi connectivity index (χ0v) is 29.0. The van der Waals surface area contributed by atoms with E-state index < -0.39 is 34.3 Å². The van der Waals surface area contributed by atoms with E-state index in [0.29, 0.717) is 18.9 Å². The quantitative estimate of drug-likeness (QED) is 0.182. The Balaban J connectivity index is 1.57. The number of benzene rings is 4. The van der Waals surface area contributed by atoms with Crippen LogP contribution in [0.25, 0.3) is 0 Å². The second kappa shape index (κ2) is 15.7. The Bertz CT molecular complexity index is 1840. The fourth-order valence-electron chi connectivity index (χ4n) is 5.26. The average molecular weight is 739 g/mol. The Kier molecular flexibility index (Phi) is 11.4. The van der Waals surface area contributed by atoms with E-state index in [1.54, 1.807) is 0 Å². The van der Waals surface area contributed by atoms with Crippen LogP contribution in [0, 0.1) is 11.7 Å². The molecular weight excluding hydrogens is 701 g/mol. The van der Waals surface area contributed by atoms with Gasteiger partial charge in [0, 0.05) is 30.0 Å². The first-order valence-corrected chi connectivity index (χ1v) is 17.8. The summed E-state index contributed by atoms with van der Waals surface area (Å²) >= 11 is 3.48. The van der Waals surface area contributed by atoms with Crippen LogP contribution in [0.2, 0.25) is 0 Å². The van der Waals surface area contributed by atoms with Gasteiger partial charge in [-0.2, -0.15) is 0 Å². The molecule has 0 fully saturated rings. The summed E-state index contributed by atoms with van der Waals surface area (Å²) in [5.74, 6) is -0.733. The minimum absolute atomic E-state index is 0.0200. The van der Waals surface area contributed by atoms with Gasteiger partial charge >= 0.3 is 0 Å². The third kappa shape index (κ3) is 8.73. The summed E-state index contributed by atoms with van der Waals surface area (Å²) in [6.07, 6.45) is 0.190. The van der Waals surface area contributed by atoms with Crippen molar-refractivity contribution in [3.63, 3.8) is 0 Å². The number of sulfonamides is 1. The predicted octanol–water partition coefficient (Wildman–Crippen LogP) is 5.97. The summed E-state index contributed by atoms with van der Waals surface area (Å²) in [4.78, 5) is 29.7. The molecule has 0 spiro atoms. The molecule has 1 aliphatic rings. The lowest BCUT2D eigenvalue weighted by atomic mass is 10.0. The Morgan fingerprint density at radius 1 is 0.875 bits per heavy atom. The van der Waals surface area contributed by atoms with Gasteiger partial charge < -0.3 is 19.7 Å². The Labute approximate surface area is 288 Å². The van der Waals surface area contributed by atoms with Gasteiger partial charge in [0.1, 0.15) is 31.6 Å². The van der Waals surface area contributed by atoms with Crippen molar-refractivity contribution in [2.75, 3.05) is 30.6 Å². The van der Waals surface area contributed by atoms with E-state index in [1.807, 2.05) is 68.4 Å². The molecule has 0 saturated carbocycles. The zero-order chi connectivity index (χ0) is 34.3. The van der Waals surface area contributed by atoms with Crippen LogP contribution < -0.4 is 19.1 Å². The monoisotopic (exact) mass is 737 g/mol. The standard InChI is InChI=1S/C36H37BrFN3O6S/c1-25(2)22-39-36(43)32(20-26-7-4-3-5-8-26)40(23-27-9-6-10-28(37)19-27)35(42)24-41(30-13-11-29(38)12-14-30)48(44,45)31-15-16-33-34(21-31)47-18-17-46-33/h3-16,19,21,25,32H,17-18,20,22-24H2,1-2H3,(H,39,43)/t32-/m0/s1. The van der Waals surface area contributed by atoms with Gasteiger partial charge in [0.2, 0.25) is 11.8 Å². The summed E-state index contributed by atoms with van der Waals surface area (Å²) in [5, 5.41) is 2.97. The van der Waals surface area contributed by atoms with Crippen LogP contribution >= 0.6 is 15.9 Å². The van der Waals surface area contributed by atoms with Gasteiger partial charge in [-0.1, -0.05) is 72.2 Å². The Hall–Kier alpha value is -4.42. The molecule has 0 saturated heterocycles. The minimum atomic E-state index is -4.42. The van der Waals surface area contributed by atoms with Crippen LogP contribution in [0.5, 0.6) is 11.5 Å². The molecule has 1 atom stereocenters. The van der Waals surface area contributed by atoms with Crippen molar-refractivity contribution in [2.45, 2.75) is 37.8 Å². The lowest BCUT2D eigenvalue weighted by Gasteiger charge is -2.34. The maximum atomic E-state index is 14.6. The fourth-order valence-corrected chi connectivity index (χ4v) is 7.13. The number of nitrogens with one attached hydrogen (secondary N) is 1. The molecule has 9 nitrogen and oxygen atoms in total. The summed E-state index contributed by atoms with van der Waals surface area (Å²) in [5.41, 5.74) is 1.63. The number of amides is 2. The number of hydrogen-bond acceptors (Lipinski definition) is 6. The van der Waals surface area contributed by atoms with Crippen molar-refractivity contribution < 1.29 is 31.9 Å². The third-order valence-corrected chi connectivity index (χ3v) is 9.96. The highest BCUT2D eigenvalue weighted by atomic mass is 79.9. The van der Waals surface area contributed by atoms with E-state index in [4.69, 9.17) is 9.47 Å². The molecule has 1 heterocycles. The van der Waals surface area contributed by atoms with E-state index in [2.05, 4.69) is 21.2 Å². The normalized spacial score (nSPS) is 13.1. The lowest BCUT2D eigenvalue weighted by Crippen LogP contribution is -2.53. The highest BCUT2D eigenvalue weighted by Gasteiger charge is 2.35. The molecule has 4 aromatic carbocycles. The van der Waals surface area contributed by atoms with Gasteiger partial charge in [-0.05, 0) is 65.6 Å². The van der Waals surface area contributed by atoms with Gasteiger partial charge in [0.15, 0.2) is 11.5 Å². The predicted molar refractivity (Wildman–Crippen MR) is 185 cm³/mol. The van der Waals surface area contributed by atoms with Gasteiger partial charge in [-0.25, -0.2) is 12.8 Å². The molecule has 5 rings (SSSR count). The number of carbonyl (C=O) groups is 2. The van der Waals surface area contributed by atoms with Crippen molar-refractivity contribution >= 4 is 43.5 Å². The first kappa shape index (κ1) is 34.9. The van der Waals surface area contributed by atoms with E-state index in [0.717, 1.165) is 32.0 Å². The summed E-state index contributed by atoms with van der Waals surface area (Å²) in [7, 11) is -4.42. The summed E-state index contributed by atoms with van der Waals surface area (Å²) in [6.45, 7) is 4.27. The molecule has 4 aromatic rings. The number of ether oxygens (including phenoxy) is 2. The molecule has 0 bridgehead atoms. The first-order chi connectivity index (χ1) is 23.0. The molecule has 0 aromatic heterocycles. The highest BCUT2D eigenvalue weighted by molar-refractivity contribution is 9.10. The van der Waals surface area contributed by atoms with Crippen LogP contribution in [0.3, 0.4) is 0 Å². The van der Waals surface area contributed by atoms with E-state index in [-0.39, 0.29) is 47.7 Å². The largest absolute Gasteiger partial charge is 0.486 e. The third-order valence-electron chi connectivity index (χ3n) is 7.69. The summed E-state index contributed by atoms with van der Waals surface area (Å²) < 4.78 is 55.6. The Morgan fingerprint density at radius 2 is 1.56 bits per heavy atom. The smallest absolute Gasteiger partial charge is 0.264 e. The molecule has 0 aliphatic carbocycles. The fraction of sp³-hybridized carbons (Fsp3) is 0.278. The summed E-state index contributed by atoms with van der Waals surface area (Å²) in [6, 6.07) is 24.8. The number of rotatable bonds is 13. The van der Waals surface area contributed by atoms with Crippen molar-refractivity contribution in [3.8, 4) is 11.5 Å². The molecule has 48 heavy (non-hydrogen) atoms. The van der Waals surface area contributed by atoms with E-state index in [1.165, 1.54) is 35.2 Å². The second-order valence-electron chi connectivity index (χ2n) is 11.8. The number of carbonyl (C=O) groups excluding carboxylic acids is 2. The van der Waals surface area contributed by atoms with Gasteiger partial charge in [0.25, 0.3) is 10.0 Å². The van der Waals surface area contributed by atoms with Crippen LogP contribution in [0.1, 0.15) is 25.0 Å². The first-order valence-electron chi connectivity index (χ1n) is 15.5. The molecule has 252 valence electrons. The van der Waals surface area contributed by atoms with E-state index >= 15 is 0 Å². The highest BCUT2D eigenvalue weighted by Crippen LogP contribution is 2.34. The number of hydrogen-bond donors (Lipinski definition) is 1. The van der Waals surface area contributed by atoms with Crippen LogP contribution in [-0.2, 0) is 32.6 Å².